The largest absolute Gasteiger partial charge is 0.478 e. The number of carboxylic acids is 1. The Kier molecular flexibility index (Phi) is 3.50. The Bertz CT molecular complexity index is 812. The van der Waals surface area contributed by atoms with Crippen LogP contribution in [0.25, 0.3) is 11.1 Å². The maximum atomic E-state index is 10.9. The van der Waals surface area contributed by atoms with Crippen molar-refractivity contribution in [3.8, 4) is 6.08 Å². The fraction of sp³-hybridized carbons (Fsp3) is 0.0667. The van der Waals surface area contributed by atoms with E-state index in [4.69, 9.17) is 25.9 Å². The Morgan fingerprint density at radius 1 is 1.29 bits per heavy atom. The molecule has 0 aliphatic heterocycles. The summed E-state index contributed by atoms with van der Waals surface area (Å²) in [6.07, 6.45) is 0.0903. The normalized spacial score (nSPS) is 10.7. The van der Waals surface area contributed by atoms with Gasteiger partial charge in [0.2, 0.25) is 0 Å². The van der Waals surface area contributed by atoms with Crippen LogP contribution in [0.4, 0.5) is 0 Å². The van der Waals surface area contributed by atoms with Crippen LogP contribution in [0.3, 0.4) is 0 Å². The Labute approximate surface area is 124 Å². The maximum absolute atomic E-state index is 10.9. The van der Waals surface area contributed by atoms with E-state index in [0.717, 1.165) is 5.56 Å². The van der Waals surface area contributed by atoms with E-state index in [1.165, 1.54) is 12.1 Å². The molecule has 1 N–H and O–H groups in total. The predicted molar refractivity (Wildman–Crippen MR) is 76.8 cm³/mol. The molecule has 1 heterocycles. The SMILES string of the molecule is O=C(O)c1ccc2nc(OCc3cccc(Cl)c3)oc2c1. The van der Waals surface area contributed by atoms with Gasteiger partial charge in [0.15, 0.2) is 5.58 Å². The van der Waals surface area contributed by atoms with Crippen molar-refractivity contribution in [3.05, 3.63) is 58.6 Å². The van der Waals surface area contributed by atoms with Gasteiger partial charge >= 0.3 is 12.0 Å². The van der Waals surface area contributed by atoms with Gasteiger partial charge in [0.05, 0.1) is 5.56 Å². The first-order valence-corrected chi connectivity index (χ1v) is 6.51. The molecule has 0 saturated carbocycles. The Morgan fingerprint density at radius 2 is 2.14 bits per heavy atom. The van der Waals surface area contributed by atoms with Crippen LogP contribution in [0.15, 0.2) is 46.9 Å². The van der Waals surface area contributed by atoms with Crippen LogP contribution in [0.5, 0.6) is 6.08 Å². The van der Waals surface area contributed by atoms with Gasteiger partial charge in [-0.15, -0.1) is 0 Å². The lowest BCUT2D eigenvalue weighted by Gasteiger charge is -2.01. The Hall–Kier alpha value is -2.53. The smallest absolute Gasteiger partial charge is 0.394 e. The summed E-state index contributed by atoms with van der Waals surface area (Å²) in [4.78, 5) is 15.0. The summed E-state index contributed by atoms with van der Waals surface area (Å²) in [5, 5.41) is 9.55. The van der Waals surface area contributed by atoms with Gasteiger partial charge in [0.25, 0.3) is 0 Å². The number of fused-ring (bicyclic) bond motifs is 1. The molecule has 0 bridgehead atoms. The lowest BCUT2D eigenvalue weighted by molar-refractivity contribution is 0.0697. The number of aromatic nitrogens is 1. The van der Waals surface area contributed by atoms with E-state index < -0.39 is 5.97 Å². The summed E-state index contributed by atoms with van der Waals surface area (Å²) >= 11 is 5.89. The molecule has 0 aliphatic rings. The van der Waals surface area contributed by atoms with Crippen molar-refractivity contribution in [2.45, 2.75) is 6.61 Å². The Balaban J connectivity index is 1.80. The van der Waals surface area contributed by atoms with E-state index in [-0.39, 0.29) is 18.2 Å². The molecule has 0 fully saturated rings. The number of ether oxygens (including phenoxy) is 1. The van der Waals surface area contributed by atoms with E-state index in [0.29, 0.717) is 16.1 Å². The minimum Gasteiger partial charge on any atom is -0.478 e. The lowest BCUT2D eigenvalue weighted by atomic mass is 10.2. The van der Waals surface area contributed by atoms with Crippen LogP contribution >= 0.6 is 11.6 Å². The van der Waals surface area contributed by atoms with Gasteiger partial charge in [-0.25, -0.2) is 4.79 Å². The van der Waals surface area contributed by atoms with E-state index in [2.05, 4.69) is 4.98 Å². The number of rotatable bonds is 4. The number of oxazole rings is 1. The zero-order chi connectivity index (χ0) is 14.8. The molecule has 0 aliphatic carbocycles. The van der Waals surface area contributed by atoms with Crippen molar-refractivity contribution in [2.75, 3.05) is 0 Å². The summed E-state index contributed by atoms with van der Waals surface area (Å²) in [6.45, 7) is 0.263. The van der Waals surface area contributed by atoms with Crippen LogP contribution in [0, 0.1) is 0 Å². The molecule has 3 aromatic rings. The summed E-state index contributed by atoms with van der Waals surface area (Å²) < 4.78 is 10.8. The molecule has 1 aromatic heterocycles. The van der Waals surface area contributed by atoms with Gasteiger partial charge in [-0.3, -0.25) is 0 Å². The average Bonchev–Trinajstić information content (AvgIpc) is 2.87. The molecular weight excluding hydrogens is 294 g/mol. The highest BCUT2D eigenvalue weighted by molar-refractivity contribution is 6.30. The second-order valence-electron chi connectivity index (χ2n) is 4.39. The third-order valence-electron chi connectivity index (χ3n) is 2.87. The maximum Gasteiger partial charge on any atom is 0.394 e. The van der Waals surface area contributed by atoms with E-state index in [1.807, 2.05) is 12.1 Å². The van der Waals surface area contributed by atoms with Crippen LogP contribution in [0.1, 0.15) is 15.9 Å². The first-order valence-electron chi connectivity index (χ1n) is 6.13. The molecule has 0 unspecified atom stereocenters. The molecule has 21 heavy (non-hydrogen) atoms. The standard InChI is InChI=1S/C15H10ClNO4/c16-11-3-1-2-9(6-11)8-20-15-17-12-5-4-10(14(18)19)7-13(12)21-15/h1-7H,8H2,(H,18,19). The second-order valence-corrected chi connectivity index (χ2v) is 4.82. The van der Waals surface area contributed by atoms with E-state index in [9.17, 15) is 4.79 Å². The van der Waals surface area contributed by atoms with Gasteiger partial charge in [-0.05, 0) is 35.9 Å². The highest BCUT2D eigenvalue weighted by Crippen LogP contribution is 2.22. The third kappa shape index (κ3) is 2.98. The highest BCUT2D eigenvalue weighted by Gasteiger charge is 2.10. The molecule has 0 spiro atoms. The predicted octanol–water partition coefficient (Wildman–Crippen LogP) is 3.76. The molecule has 5 nitrogen and oxygen atoms in total. The summed E-state index contributed by atoms with van der Waals surface area (Å²) in [5.41, 5.74) is 1.94. The van der Waals surface area contributed by atoms with Crippen LogP contribution in [-0.4, -0.2) is 16.1 Å². The first kappa shape index (κ1) is 13.5. The van der Waals surface area contributed by atoms with E-state index in [1.54, 1.807) is 18.2 Å². The topological polar surface area (TPSA) is 72.6 Å². The highest BCUT2D eigenvalue weighted by atomic mass is 35.5. The number of hydrogen-bond acceptors (Lipinski definition) is 4. The summed E-state index contributed by atoms with van der Waals surface area (Å²) in [5.74, 6) is -1.02. The number of aromatic carboxylic acids is 1. The number of carboxylic acid groups (broad SMARTS) is 1. The fourth-order valence-corrected chi connectivity index (χ4v) is 2.08. The molecular formula is C15H10ClNO4. The van der Waals surface area contributed by atoms with Crippen LogP contribution in [0.2, 0.25) is 5.02 Å². The quantitative estimate of drug-likeness (QED) is 0.794. The van der Waals surface area contributed by atoms with Crippen molar-refractivity contribution < 1.29 is 19.1 Å². The number of carbonyl (C=O) groups is 1. The summed E-state index contributed by atoms with van der Waals surface area (Å²) in [7, 11) is 0. The average molecular weight is 304 g/mol. The number of halogens is 1. The van der Waals surface area contributed by atoms with Gasteiger partial charge in [-0.1, -0.05) is 23.7 Å². The van der Waals surface area contributed by atoms with Crippen LogP contribution < -0.4 is 4.74 Å². The van der Waals surface area contributed by atoms with Crippen molar-refractivity contribution in [2.24, 2.45) is 0 Å². The molecule has 3 rings (SSSR count). The first-order chi connectivity index (χ1) is 10.1. The Morgan fingerprint density at radius 3 is 2.90 bits per heavy atom. The van der Waals surface area contributed by atoms with Gasteiger partial charge in [0, 0.05) is 5.02 Å². The van der Waals surface area contributed by atoms with Gasteiger partial charge < -0.3 is 14.3 Å². The number of benzene rings is 2. The molecule has 6 heteroatoms. The second kappa shape index (κ2) is 5.46. The van der Waals surface area contributed by atoms with Crippen molar-refractivity contribution in [3.63, 3.8) is 0 Å². The van der Waals surface area contributed by atoms with Crippen LogP contribution in [-0.2, 0) is 6.61 Å². The van der Waals surface area contributed by atoms with Crippen molar-refractivity contribution in [1.29, 1.82) is 0 Å². The molecule has 0 saturated heterocycles. The minimum atomic E-state index is -1.02. The summed E-state index contributed by atoms with van der Waals surface area (Å²) in [6, 6.07) is 11.7. The molecule has 0 radical (unpaired) electrons. The van der Waals surface area contributed by atoms with Crippen molar-refractivity contribution >= 4 is 28.7 Å². The number of nitrogens with zero attached hydrogens (tertiary/aromatic N) is 1. The molecule has 2 aromatic carbocycles. The van der Waals surface area contributed by atoms with Gasteiger partial charge in [0.1, 0.15) is 12.1 Å². The molecule has 0 amide bonds. The zero-order valence-corrected chi connectivity index (χ0v) is 11.5. The fourth-order valence-electron chi connectivity index (χ4n) is 1.87. The van der Waals surface area contributed by atoms with E-state index >= 15 is 0 Å². The molecule has 106 valence electrons. The van der Waals surface area contributed by atoms with Crippen molar-refractivity contribution in [1.82, 2.24) is 4.98 Å². The molecule has 0 atom stereocenters. The minimum absolute atomic E-state index is 0.0903. The lowest BCUT2D eigenvalue weighted by Crippen LogP contribution is -1.95. The zero-order valence-electron chi connectivity index (χ0n) is 10.7. The third-order valence-corrected chi connectivity index (χ3v) is 3.10. The van der Waals surface area contributed by atoms with Gasteiger partial charge in [-0.2, -0.15) is 4.98 Å². The number of hydrogen-bond donors (Lipinski definition) is 1. The monoisotopic (exact) mass is 303 g/mol.